The van der Waals surface area contributed by atoms with E-state index in [0.717, 1.165) is 7.11 Å². The number of halogens is 2. The van der Waals surface area contributed by atoms with E-state index in [1.165, 1.54) is 0 Å². The van der Waals surface area contributed by atoms with Crippen molar-refractivity contribution in [2.75, 3.05) is 7.11 Å². The number of rotatable bonds is 3. The van der Waals surface area contributed by atoms with Gasteiger partial charge in [-0.3, -0.25) is 9.78 Å². The van der Waals surface area contributed by atoms with Crippen molar-refractivity contribution in [1.29, 1.82) is 0 Å². The molecule has 0 saturated carbocycles. The third-order valence-electron chi connectivity index (χ3n) is 1.70. The third kappa shape index (κ3) is 2.12. The maximum absolute atomic E-state index is 12.4. The van der Waals surface area contributed by atoms with Crippen LogP contribution in [0.3, 0.4) is 0 Å². The Hall–Kier alpha value is -1.92. The molecule has 5 nitrogen and oxygen atoms in total. The van der Waals surface area contributed by atoms with E-state index in [2.05, 4.69) is 4.74 Å². The Kier molecular flexibility index (Phi) is 3.03. The van der Waals surface area contributed by atoms with E-state index in [1.807, 2.05) is 4.98 Å². The van der Waals surface area contributed by atoms with Crippen molar-refractivity contribution in [2.45, 2.75) is 6.43 Å². The van der Waals surface area contributed by atoms with Gasteiger partial charge < -0.3 is 9.84 Å². The van der Waals surface area contributed by atoms with Crippen LogP contribution in [0.1, 0.15) is 22.3 Å². The van der Waals surface area contributed by atoms with Gasteiger partial charge in [0.25, 0.3) is 12.0 Å². The average Bonchev–Trinajstić information content (AvgIpc) is 2.16. The summed E-state index contributed by atoms with van der Waals surface area (Å²) in [7, 11) is 1.09. The molecule has 1 heterocycles. The molecule has 0 radical (unpaired) electrons. The second kappa shape index (κ2) is 4.07. The van der Waals surface area contributed by atoms with Gasteiger partial charge in [0.2, 0.25) is 5.88 Å². The lowest BCUT2D eigenvalue weighted by Gasteiger charge is -2.07. The first-order valence-corrected chi connectivity index (χ1v) is 3.80. The molecule has 0 aliphatic rings. The van der Waals surface area contributed by atoms with Crippen LogP contribution in [0.2, 0.25) is 0 Å². The Morgan fingerprint density at radius 1 is 1.60 bits per heavy atom. The molecule has 1 aromatic heterocycles. The predicted molar refractivity (Wildman–Crippen MR) is 45.5 cm³/mol. The number of aromatic amines is 1. The minimum atomic E-state index is -2.92. The quantitative estimate of drug-likeness (QED) is 0.795. The van der Waals surface area contributed by atoms with Crippen molar-refractivity contribution in [2.24, 2.45) is 0 Å². The standard InChI is InChI=1S/C8H7F2NO4/c1-15-7-3(5(9)10)2-4(8(13)14)6(12)11-7/h2,5H,1H3,(H,11,12)(H,13,14). The van der Waals surface area contributed by atoms with Crippen molar-refractivity contribution in [3.63, 3.8) is 0 Å². The van der Waals surface area contributed by atoms with Crippen LogP contribution >= 0.6 is 0 Å². The fourth-order valence-electron chi connectivity index (χ4n) is 1.02. The molecular weight excluding hydrogens is 212 g/mol. The molecule has 0 spiro atoms. The number of alkyl halides is 2. The predicted octanol–water partition coefficient (Wildman–Crippen LogP) is 1.02. The number of carbonyl (C=O) groups is 1. The molecule has 1 aromatic rings. The van der Waals surface area contributed by atoms with Gasteiger partial charge in [0.05, 0.1) is 12.7 Å². The Morgan fingerprint density at radius 2 is 2.20 bits per heavy atom. The van der Waals surface area contributed by atoms with Crippen LogP contribution in [0.5, 0.6) is 5.88 Å². The van der Waals surface area contributed by atoms with E-state index < -0.39 is 35.0 Å². The Morgan fingerprint density at radius 3 is 2.60 bits per heavy atom. The van der Waals surface area contributed by atoms with Crippen LogP contribution in [0, 0.1) is 0 Å². The smallest absolute Gasteiger partial charge is 0.341 e. The van der Waals surface area contributed by atoms with E-state index >= 15 is 0 Å². The summed E-state index contributed by atoms with van der Waals surface area (Å²) in [5.41, 5.74) is -2.38. The SMILES string of the molecule is COc1[nH]c(=O)c(C(=O)O)cc1C(F)F. The van der Waals surface area contributed by atoms with Crippen LogP contribution < -0.4 is 10.3 Å². The number of ether oxygens (including phenoxy) is 1. The summed E-state index contributed by atoms with van der Waals surface area (Å²) in [6, 6.07) is 0.602. The molecular formula is C8H7F2NO4. The van der Waals surface area contributed by atoms with Crippen molar-refractivity contribution in [3.8, 4) is 5.88 Å². The largest absolute Gasteiger partial charge is 0.482 e. The van der Waals surface area contributed by atoms with Crippen LogP contribution in [0.15, 0.2) is 10.9 Å². The fraction of sp³-hybridized carbons (Fsp3) is 0.250. The number of carboxylic acid groups (broad SMARTS) is 1. The van der Waals surface area contributed by atoms with Gasteiger partial charge in [0.1, 0.15) is 5.56 Å². The summed E-state index contributed by atoms with van der Waals surface area (Å²) in [5.74, 6) is -2.00. The van der Waals surface area contributed by atoms with Crippen LogP contribution in [-0.2, 0) is 0 Å². The molecule has 0 aromatic carbocycles. The van der Waals surface area contributed by atoms with Gasteiger partial charge in [0.15, 0.2) is 0 Å². The number of pyridine rings is 1. The first-order valence-electron chi connectivity index (χ1n) is 3.80. The number of H-pyrrole nitrogens is 1. The summed E-state index contributed by atoms with van der Waals surface area (Å²) in [5, 5.41) is 8.53. The number of aromatic carboxylic acids is 1. The zero-order chi connectivity index (χ0) is 11.6. The molecule has 0 aliphatic carbocycles. The summed E-state index contributed by atoms with van der Waals surface area (Å²) in [6.07, 6.45) is -2.92. The van der Waals surface area contributed by atoms with Crippen molar-refractivity contribution in [1.82, 2.24) is 4.98 Å². The minimum Gasteiger partial charge on any atom is -0.482 e. The maximum Gasteiger partial charge on any atom is 0.341 e. The highest BCUT2D eigenvalue weighted by molar-refractivity contribution is 5.87. The first-order chi connectivity index (χ1) is 6.97. The summed E-state index contributed by atoms with van der Waals surface area (Å²) in [6.45, 7) is 0. The highest BCUT2D eigenvalue weighted by Gasteiger charge is 2.20. The lowest BCUT2D eigenvalue weighted by atomic mass is 10.2. The Bertz CT molecular complexity index is 441. The van der Waals surface area contributed by atoms with Gasteiger partial charge in [-0.05, 0) is 6.07 Å². The van der Waals surface area contributed by atoms with Gasteiger partial charge in [-0.1, -0.05) is 0 Å². The van der Waals surface area contributed by atoms with Gasteiger partial charge in [0, 0.05) is 0 Å². The summed E-state index contributed by atoms with van der Waals surface area (Å²) >= 11 is 0. The van der Waals surface area contributed by atoms with E-state index in [1.54, 1.807) is 0 Å². The fourth-order valence-corrected chi connectivity index (χ4v) is 1.02. The molecule has 0 aliphatic heterocycles. The highest BCUT2D eigenvalue weighted by atomic mass is 19.3. The zero-order valence-corrected chi connectivity index (χ0v) is 7.58. The van der Waals surface area contributed by atoms with Crippen molar-refractivity contribution >= 4 is 5.97 Å². The molecule has 7 heteroatoms. The van der Waals surface area contributed by atoms with Crippen molar-refractivity contribution in [3.05, 3.63) is 27.5 Å². The molecule has 0 amide bonds. The monoisotopic (exact) mass is 219 g/mol. The molecule has 1 rings (SSSR count). The molecule has 0 bridgehead atoms. The van der Waals surface area contributed by atoms with Crippen LogP contribution in [0.25, 0.3) is 0 Å². The lowest BCUT2D eigenvalue weighted by Crippen LogP contribution is -2.19. The van der Waals surface area contributed by atoms with E-state index in [0.29, 0.717) is 6.07 Å². The zero-order valence-electron chi connectivity index (χ0n) is 7.58. The van der Waals surface area contributed by atoms with Gasteiger partial charge >= 0.3 is 5.97 Å². The minimum absolute atomic E-state index is 0.431. The molecule has 2 N–H and O–H groups in total. The number of nitrogens with one attached hydrogen (secondary N) is 1. The van der Waals surface area contributed by atoms with Gasteiger partial charge in [-0.2, -0.15) is 0 Å². The Labute approximate surface area is 82.3 Å². The highest BCUT2D eigenvalue weighted by Crippen LogP contribution is 2.26. The lowest BCUT2D eigenvalue weighted by molar-refractivity contribution is 0.0694. The number of methoxy groups -OCH3 is 1. The van der Waals surface area contributed by atoms with Crippen molar-refractivity contribution < 1.29 is 23.4 Å². The van der Waals surface area contributed by atoms with Crippen LogP contribution in [-0.4, -0.2) is 23.2 Å². The molecule has 0 atom stereocenters. The second-order valence-electron chi connectivity index (χ2n) is 2.61. The molecule has 0 unspecified atom stereocenters. The molecule has 0 saturated heterocycles. The normalized spacial score (nSPS) is 10.4. The molecule has 15 heavy (non-hydrogen) atoms. The van der Waals surface area contributed by atoms with E-state index in [-0.39, 0.29) is 0 Å². The van der Waals surface area contributed by atoms with Gasteiger partial charge in [-0.25, -0.2) is 13.6 Å². The number of hydrogen-bond donors (Lipinski definition) is 2. The van der Waals surface area contributed by atoms with Crippen LogP contribution in [0.4, 0.5) is 8.78 Å². The molecule has 82 valence electrons. The van der Waals surface area contributed by atoms with E-state index in [4.69, 9.17) is 5.11 Å². The number of carboxylic acids is 1. The maximum atomic E-state index is 12.4. The summed E-state index contributed by atoms with van der Waals surface area (Å²) < 4.78 is 29.3. The average molecular weight is 219 g/mol. The van der Waals surface area contributed by atoms with Gasteiger partial charge in [-0.15, -0.1) is 0 Å². The molecule has 0 fully saturated rings. The second-order valence-corrected chi connectivity index (χ2v) is 2.61. The Balaban J connectivity index is 3.44. The number of hydrogen-bond acceptors (Lipinski definition) is 3. The summed E-state index contributed by atoms with van der Waals surface area (Å²) in [4.78, 5) is 23.5. The number of aromatic nitrogens is 1. The third-order valence-corrected chi connectivity index (χ3v) is 1.70. The van der Waals surface area contributed by atoms with E-state index in [9.17, 15) is 18.4 Å². The topological polar surface area (TPSA) is 79.4 Å². The first kappa shape index (κ1) is 11.2.